The lowest BCUT2D eigenvalue weighted by atomic mass is 10.2. The van der Waals surface area contributed by atoms with Crippen molar-refractivity contribution in [3.8, 4) is 0 Å². The first kappa shape index (κ1) is 17.0. The molecule has 0 bridgehead atoms. The number of hydrogen-bond acceptors (Lipinski definition) is 5. The number of carbonyl (C=O) groups is 1. The lowest BCUT2D eigenvalue weighted by molar-refractivity contribution is -0.120. The average molecular weight is 347 g/mol. The van der Waals surface area contributed by atoms with Gasteiger partial charge in [0.15, 0.2) is 0 Å². The van der Waals surface area contributed by atoms with E-state index >= 15 is 0 Å². The van der Waals surface area contributed by atoms with Crippen LogP contribution in [-0.4, -0.2) is 43.2 Å². The van der Waals surface area contributed by atoms with Gasteiger partial charge in [0.1, 0.15) is 6.04 Å². The molecule has 0 radical (unpaired) electrons. The number of halogens is 1. The van der Waals surface area contributed by atoms with Crippen molar-refractivity contribution in [2.45, 2.75) is 10.6 Å². The highest BCUT2D eigenvalue weighted by atomic mass is 35.5. The van der Waals surface area contributed by atoms with E-state index in [4.69, 9.17) is 4.74 Å². The maximum atomic E-state index is 12.1. The predicted molar refractivity (Wildman–Crippen MR) is 92.6 cm³/mol. The van der Waals surface area contributed by atoms with Gasteiger partial charge in [-0.1, -0.05) is 12.1 Å². The minimum Gasteiger partial charge on any atom is -0.378 e. The van der Waals surface area contributed by atoms with Crippen molar-refractivity contribution in [1.82, 2.24) is 5.32 Å². The number of ether oxygens (including phenoxy) is 1. The summed E-state index contributed by atoms with van der Waals surface area (Å²) in [6.07, 6.45) is 0. The van der Waals surface area contributed by atoms with E-state index in [1.54, 1.807) is 0 Å². The van der Waals surface area contributed by atoms with Crippen molar-refractivity contribution in [3.05, 3.63) is 29.8 Å². The molecular formula is C14H19ClN2O2S2. The van der Waals surface area contributed by atoms with Crippen LogP contribution < -0.4 is 10.6 Å². The normalized spacial score (nSPS) is 22.6. The van der Waals surface area contributed by atoms with E-state index in [2.05, 4.69) is 22.8 Å². The van der Waals surface area contributed by atoms with E-state index in [1.165, 1.54) is 17.1 Å². The number of thioether (sulfide) groups is 2. The molecular weight excluding hydrogens is 328 g/mol. The molecule has 4 nitrogen and oxygen atoms in total. The summed E-state index contributed by atoms with van der Waals surface area (Å²) in [5, 5.41) is 6.14. The number of rotatable bonds is 3. The number of benzene rings is 1. The Morgan fingerprint density at radius 3 is 2.86 bits per heavy atom. The zero-order chi connectivity index (χ0) is 13.8. The van der Waals surface area contributed by atoms with Crippen molar-refractivity contribution >= 4 is 47.5 Å². The van der Waals surface area contributed by atoms with E-state index in [1.807, 2.05) is 35.7 Å². The third-order valence-corrected chi connectivity index (χ3v) is 6.39. The molecule has 2 N–H and O–H groups in total. The monoisotopic (exact) mass is 346 g/mol. The van der Waals surface area contributed by atoms with Crippen LogP contribution in [0.3, 0.4) is 0 Å². The molecule has 2 fully saturated rings. The van der Waals surface area contributed by atoms with E-state index in [-0.39, 0.29) is 24.4 Å². The molecule has 2 aliphatic rings. The quantitative estimate of drug-likeness (QED) is 0.880. The summed E-state index contributed by atoms with van der Waals surface area (Å²) in [6, 6.07) is 7.91. The fraction of sp³-hybridized carbons (Fsp3) is 0.500. The van der Waals surface area contributed by atoms with E-state index in [0.717, 1.165) is 12.2 Å². The molecule has 1 aromatic carbocycles. The third-order valence-electron chi connectivity index (χ3n) is 3.29. The van der Waals surface area contributed by atoms with Gasteiger partial charge in [-0.25, -0.2) is 0 Å². The van der Waals surface area contributed by atoms with Gasteiger partial charge in [-0.15, -0.1) is 35.9 Å². The zero-order valence-corrected chi connectivity index (χ0v) is 14.0. The molecule has 0 spiro atoms. The molecule has 1 aromatic rings. The fourth-order valence-electron chi connectivity index (χ4n) is 2.28. The van der Waals surface area contributed by atoms with Crippen molar-refractivity contribution in [3.63, 3.8) is 0 Å². The third kappa shape index (κ3) is 4.53. The summed E-state index contributed by atoms with van der Waals surface area (Å²) >= 11 is 3.94. The van der Waals surface area contributed by atoms with Gasteiger partial charge in [0.2, 0.25) is 5.91 Å². The molecule has 0 saturated carbocycles. The number of anilines is 1. The van der Waals surface area contributed by atoms with Gasteiger partial charge in [-0.05, 0) is 17.7 Å². The molecule has 116 valence electrons. The van der Waals surface area contributed by atoms with Crippen molar-refractivity contribution in [2.75, 3.05) is 36.6 Å². The molecule has 21 heavy (non-hydrogen) atoms. The van der Waals surface area contributed by atoms with Crippen LogP contribution in [0.25, 0.3) is 0 Å². The Labute approximate surface area is 139 Å². The van der Waals surface area contributed by atoms with Crippen LogP contribution in [0.5, 0.6) is 0 Å². The smallest absolute Gasteiger partial charge is 0.243 e. The summed E-state index contributed by atoms with van der Waals surface area (Å²) in [4.78, 5) is 12.1. The molecule has 2 heterocycles. The first-order valence-corrected chi connectivity index (χ1v) is 8.88. The topological polar surface area (TPSA) is 50.4 Å². The van der Waals surface area contributed by atoms with Crippen LogP contribution in [-0.2, 0) is 9.53 Å². The van der Waals surface area contributed by atoms with Gasteiger partial charge in [0.25, 0.3) is 0 Å². The number of amides is 1. The lowest BCUT2D eigenvalue weighted by Crippen LogP contribution is -2.48. The summed E-state index contributed by atoms with van der Waals surface area (Å²) in [7, 11) is 0. The Kier molecular flexibility index (Phi) is 6.70. The second-order valence-electron chi connectivity index (χ2n) is 4.77. The first-order valence-electron chi connectivity index (χ1n) is 6.78. The maximum Gasteiger partial charge on any atom is 0.243 e. The van der Waals surface area contributed by atoms with Crippen LogP contribution in [0.1, 0.15) is 10.1 Å². The molecule has 0 aromatic heterocycles. The number of nitrogens with one attached hydrogen (secondary N) is 2. The van der Waals surface area contributed by atoms with Crippen LogP contribution in [0.15, 0.2) is 24.3 Å². The molecule has 1 amide bonds. The van der Waals surface area contributed by atoms with Gasteiger partial charge in [-0.2, -0.15) is 0 Å². The van der Waals surface area contributed by atoms with Gasteiger partial charge in [0, 0.05) is 23.7 Å². The lowest BCUT2D eigenvalue weighted by Gasteiger charge is -2.23. The van der Waals surface area contributed by atoms with E-state index in [0.29, 0.717) is 17.8 Å². The average Bonchev–Trinajstić information content (AvgIpc) is 3.03. The maximum absolute atomic E-state index is 12.1. The molecule has 0 aliphatic carbocycles. The number of morpholine rings is 1. The minimum absolute atomic E-state index is 0. The van der Waals surface area contributed by atoms with Crippen LogP contribution >= 0.6 is 35.9 Å². The second-order valence-corrected chi connectivity index (χ2v) is 7.49. The van der Waals surface area contributed by atoms with Crippen LogP contribution in [0.4, 0.5) is 5.69 Å². The summed E-state index contributed by atoms with van der Waals surface area (Å²) < 4.78 is 5.82. The second kappa shape index (κ2) is 8.29. The van der Waals surface area contributed by atoms with E-state index in [9.17, 15) is 4.79 Å². The summed E-state index contributed by atoms with van der Waals surface area (Å²) in [5.74, 6) is 2.39. The highest BCUT2D eigenvalue weighted by Gasteiger charge is 2.22. The Balaban J connectivity index is 0.00000161. The van der Waals surface area contributed by atoms with Crippen molar-refractivity contribution < 1.29 is 9.53 Å². The van der Waals surface area contributed by atoms with Crippen LogP contribution in [0, 0.1) is 0 Å². The zero-order valence-electron chi connectivity index (χ0n) is 11.5. The highest BCUT2D eigenvalue weighted by molar-refractivity contribution is 8.19. The van der Waals surface area contributed by atoms with E-state index < -0.39 is 0 Å². The SMILES string of the molecule is Cl.O=C(Nc1cccc(C2SCCS2)c1)C1COCCN1. The standard InChI is InChI=1S/C14H18N2O2S2.ClH/c17-13(12-9-18-5-4-15-12)16-11-3-1-2-10(8-11)14-19-6-7-20-14;/h1-3,8,12,14-15H,4-7,9H2,(H,16,17);1H. The summed E-state index contributed by atoms with van der Waals surface area (Å²) in [6.45, 7) is 1.85. The molecule has 7 heteroatoms. The summed E-state index contributed by atoms with van der Waals surface area (Å²) in [5.41, 5.74) is 2.15. The highest BCUT2D eigenvalue weighted by Crippen LogP contribution is 2.45. The Bertz CT molecular complexity index is 478. The largest absolute Gasteiger partial charge is 0.378 e. The number of carbonyl (C=O) groups excluding carboxylic acids is 1. The first-order chi connectivity index (χ1) is 9.83. The van der Waals surface area contributed by atoms with Crippen LogP contribution in [0.2, 0.25) is 0 Å². The minimum atomic E-state index is -0.248. The van der Waals surface area contributed by atoms with Crippen molar-refractivity contribution in [1.29, 1.82) is 0 Å². The molecule has 1 unspecified atom stereocenters. The Morgan fingerprint density at radius 2 is 2.14 bits per heavy atom. The van der Waals surface area contributed by atoms with Gasteiger partial charge in [0.05, 0.1) is 17.8 Å². The predicted octanol–water partition coefficient (Wildman–Crippen LogP) is 2.51. The fourth-order valence-corrected chi connectivity index (χ4v) is 5.12. The molecule has 3 rings (SSSR count). The van der Waals surface area contributed by atoms with Gasteiger partial charge in [-0.3, -0.25) is 4.79 Å². The van der Waals surface area contributed by atoms with Gasteiger partial charge >= 0.3 is 0 Å². The Morgan fingerprint density at radius 1 is 1.33 bits per heavy atom. The van der Waals surface area contributed by atoms with Gasteiger partial charge < -0.3 is 15.4 Å². The number of hydrogen-bond donors (Lipinski definition) is 2. The molecule has 2 saturated heterocycles. The molecule has 2 aliphatic heterocycles. The Hall–Kier alpha value is -0.400. The van der Waals surface area contributed by atoms with Crippen molar-refractivity contribution in [2.24, 2.45) is 0 Å². The molecule has 1 atom stereocenters.